The van der Waals surface area contributed by atoms with Gasteiger partial charge in [0.15, 0.2) is 0 Å². The van der Waals surface area contributed by atoms with E-state index in [2.05, 4.69) is 5.32 Å². The van der Waals surface area contributed by atoms with Crippen LogP contribution in [0, 0.1) is 6.92 Å². The van der Waals surface area contributed by atoms with Gasteiger partial charge in [-0.05, 0) is 42.8 Å². The van der Waals surface area contributed by atoms with Gasteiger partial charge in [-0.3, -0.25) is 9.59 Å². The predicted molar refractivity (Wildman–Crippen MR) is 114 cm³/mol. The van der Waals surface area contributed by atoms with Crippen molar-refractivity contribution in [3.63, 3.8) is 0 Å². The molecule has 1 amide bonds. The summed E-state index contributed by atoms with van der Waals surface area (Å²) in [5.74, 6) is -0.700. The fraction of sp³-hybridized carbons (Fsp3) is 0.0833. The van der Waals surface area contributed by atoms with Crippen molar-refractivity contribution in [2.24, 2.45) is 0 Å². The van der Waals surface area contributed by atoms with Gasteiger partial charge in [0.05, 0.1) is 7.11 Å². The Bertz CT molecular complexity index is 1210. The maximum atomic E-state index is 13.2. The molecule has 0 unspecified atom stereocenters. The average molecular weight is 384 g/mol. The number of hydrogen-bond donors (Lipinski definition) is 1. The van der Waals surface area contributed by atoms with Gasteiger partial charge in [0.2, 0.25) is 0 Å². The summed E-state index contributed by atoms with van der Waals surface area (Å²) in [6, 6.07) is 22.4. The highest BCUT2D eigenvalue weighted by Crippen LogP contribution is 2.29. The van der Waals surface area contributed by atoms with Gasteiger partial charge in [-0.15, -0.1) is 0 Å². The number of carbonyl (C=O) groups is 2. The lowest BCUT2D eigenvalue weighted by Crippen LogP contribution is -2.24. The predicted octanol–water partition coefficient (Wildman–Crippen LogP) is 4.74. The molecule has 0 fully saturated rings. The topological polar surface area (TPSA) is 59.8 Å². The van der Waals surface area contributed by atoms with Gasteiger partial charge in [-0.1, -0.05) is 42.0 Å². The number of fused-ring (bicyclic) bond motifs is 1. The molecule has 144 valence electrons. The van der Waals surface area contributed by atoms with Crippen LogP contribution < -0.4 is 10.1 Å². The van der Waals surface area contributed by atoms with E-state index in [1.807, 2.05) is 55.5 Å². The monoisotopic (exact) mass is 384 g/mol. The summed E-state index contributed by atoms with van der Waals surface area (Å²) in [6.07, 6.45) is 1.79. The van der Waals surface area contributed by atoms with E-state index in [1.165, 1.54) is 0 Å². The Kier molecular flexibility index (Phi) is 4.87. The summed E-state index contributed by atoms with van der Waals surface area (Å²) in [5.41, 5.74) is 4.42. The molecule has 0 saturated heterocycles. The van der Waals surface area contributed by atoms with Gasteiger partial charge in [-0.2, -0.15) is 0 Å². The van der Waals surface area contributed by atoms with Crippen LogP contribution in [0.3, 0.4) is 0 Å². The van der Waals surface area contributed by atoms with Crippen LogP contribution in [0.5, 0.6) is 5.75 Å². The minimum absolute atomic E-state index is 0.338. The molecule has 0 bridgehead atoms. The number of hydrogen-bond acceptors (Lipinski definition) is 3. The zero-order valence-corrected chi connectivity index (χ0v) is 16.2. The van der Waals surface area contributed by atoms with Crippen molar-refractivity contribution in [1.29, 1.82) is 0 Å². The lowest BCUT2D eigenvalue weighted by atomic mass is 10.0. The van der Waals surface area contributed by atoms with Crippen molar-refractivity contribution >= 4 is 22.9 Å². The largest absolute Gasteiger partial charge is 0.497 e. The number of benzene rings is 2. The number of ketones is 1. The molecular formula is C24H20N2O3. The second-order valence-corrected chi connectivity index (χ2v) is 6.78. The summed E-state index contributed by atoms with van der Waals surface area (Å²) in [6.45, 7) is 2.01. The summed E-state index contributed by atoms with van der Waals surface area (Å²) < 4.78 is 6.93. The number of pyridine rings is 1. The Labute approximate surface area is 168 Å². The van der Waals surface area contributed by atoms with Gasteiger partial charge < -0.3 is 14.5 Å². The number of ether oxygens (including phenoxy) is 1. The fourth-order valence-corrected chi connectivity index (χ4v) is 3.30. The third-order valence-corrected chi connectivity index (χ3v) is 4.79. The van der Waals surface area contributed by atoms with Crippen molar-refractivity contribution in [3.8, 4) is 16.9 Å². The third kappa shape index (κ3) is 3.62. The van der Waals surface area contributed by atoms with Crippen LogP contribution in [0.25, 0.3) is 16.6 Å². The Balaban J connectivity index is 1.75. The Morgan fingerprint density at radius 3 is 2.48 bits per heavy atom. The number of nitrogens with one attached hydrogen (secondary N) is 1. The van der Waals surface area contributed by atoms with Gasteiger partial charge in [0.1, 0.15) is 11.4 Å². The highest BCUT2D eigenvalue weighted by atomic mass is 16.5. The van der Waals surface area contributed by atoms with Crippen LogP contribution in [0.15, 0.2) is 79.0 Å². The van der Waals surface area contributed by atoms with Crippen LogP contribution in [0.1, 0.15) is 16.1 Å². The number of carbonyl (C=O) groups excluding carboxylic acids is 2. The zero-order valence-electron chi connectivity index (χ0n) is 16.2. The number of rotatable bonds is 5. The molecular weight excluding hydrogens is 364 g/mol. The molecule has 2 heterocycles. The first-order valence-electron chi connectivity index (χ1n) is 9.23. The zero-order chi connectivity index (χ0) is 20.4. The molecule has 29 heavy (non-hydrogen) atoms. The minimum Gasteiger partial charge on any atom is -0.497 e. The molecule has 0 aliphatic heterocycles. The molecule has 0 aliphatic carbocycles. The van der Waals surface area contributed by atoms with Crippen LogP contribution >= 0.6 is 0 Å². The molecule has 0 atom stereocenters. The summed E-state index contributed by atoms with van der Waals surface area (Å²) >= 11 is 0. The summed E-state index contributed by atoms with van der Waals surface area (Å²) in [7, 11) is 1.55. The summed E-state index contributed by atoms with van der Waals surface area (Å²) in [4.78, 5) is 26.0. The second kappa shape index (κ2) is 7.64. The maximum Gasteiger partial charge on any atom is 0.298 e. The number of aryl methyl sites for hydroxylation is 1. The molecule has 2 aromatic heterocycles. The second-order valence-electron chi connectivity index (χ2n) is 6.78. The minimum atomic E-state index is -0.699. The van der Waals surface area contributed by atoms with Crippen molar-refractivity contribution in [2.45, 2.75) is 6.92 Å². The molecule has 5 nitrogen and oxygen atoms in total. The van der Waals surface area contributed by atoms with Crippen LogP contribution in [-0.4, -0.2) is 23.2 Å². The Morgan fingerprint density at radius 2 is 1.72 bits per heavy atom. The highest BCUT2D eigenvalue weighted by molar-refractivity contribution is 6.47. The molecule has 0 saturated carbocycles. The molecule has 0 spiro atoms. The molecule has 1 N–H and O–H groups in total. The highest BCUT2D eigenvalue weighted by Gasteiger charge is 2.24. The third-order valence-electron chi connectivity index (χ3n) is 4.79. The number of Topliss-reactive ketones (excluding diaryl/α,β-unsaturated/α-hetero) is 1. The fourth-order valence-electron chi connectivity index (χ4n) is 3.30. The number of methoxy groups -OCH3 is 1. The maximum absolute atomic E-state index is 13.2. The van der Waals surface area contributed by atoms with Gasteiger partial charge in [0, 0.05) is 29.0 Å². The lowest BCUT2D eigenvalue weighted by molar-refractivity contribution is -0.112. The normalized spacial score (nSPS) is 10.7. The quantitative estimate of drug-likeness (QED) is 0.399. The van der Waals surface area contributed by atoms with E-state index in [9.17, 15) is 9.59 Å². The van der Waals surface area contributed by atoms with Crippen molar-refractivity contribution in [1.82, 2.24) is 4.40 Å². The van der Waals surface area contributed by atoms with Crippen LogP contribution in [0.2, 0.25) is 0 Å². The first-order valence-corrected chi connectivity index (χ1v) is 9.23. The number of aromatic nitrogens is 1. The number of anilines is 1. The van der Waals surface area contributed by atoms with E-state index in [1.54, 1.807) is 42.0 Å². The van der Waals surface area contributed by atoms with E-state index in [4.69, 9.17) is 4.74 Å². The first-order chi connectivity index (χ1) is 14.1. The average Bonchev–Trinajstić information content (AvgIpc) is 3.13. The molecule has 2 aromatic carbocycles. The van der Waals surface area contributed by atoms with Crippen molar-refractivity contribution in [2.75, 3.05) is 12.4 Å². The molecule has 4 rings (SSSR count). The van der Waals surface area contributed by atoms with E-state index >= 15 is 0 Å². The number of amides is 1. The van der Waals surface area contributed by atoms with Crippen LogP contribution in [0.4, 0.5) is 5.69 Å². The van der Waals surface area contributed by atoms with Gasteiger partial charge in [0.25, 0.3) is 11.7 Å². The van der Waals surface area contributed by atoms with E-state index in [0.717, 1.165) is 22.2 Å². The van der Waals surface area contributed by atoms with Crippen molar-refractivity contribution in [3.05, 3.63) is 90.3 Å². The summed E-state index contributed by atoms with van der Waals surface area (Å²) in [5, 5.41) is 2.68. The molecule has 0 aliphatic rings. The van der Waals surface area contributed by atoms with Gasteiger partial charge in [-0.25, -0.2) is 0 Å². The van der Waals surface area contributed by atoms with E-state index in [0.29, 0.717) is 17.1 Å². The SMILES string of the molecule is COc1cccc(NC(=O)C(=O)c2c(-c3ccc(C)cc3)cc3ccccn23)c1. The smallest absolute Gasteiger partial charge is 0.298 e. The molecule has 0 radical (unpaired) electrons. The Hall–Kier alpha value is -3.86. The Morgan fingerprint density at radius 1 is 0.931 bits per heavy atom. The standard InChI is InChI=1S/C24H20N2O3/c1-16-9-11-17(12-10-16)21-15-19-7-3-4-13-26(19)22(21)23(27)24(28)25-18-6-5-8-20(14-18)29-2/h3-15H,1-2H3,(H,25,28). The molecule has 4 aromatic rings. The lowest BCUT2D eigenvalue weighted by Gasteiger charge is -2.09. The van der Waals surface area contributed by atoms with Crippen molar-refractivity contribution < 1.29 is 14.3 Å². The molecule has 5 heteroatoms. The van der Waals surface area contributed by atoms with Crippen LogP contribution in [-0.2, 0) is 4.79 Å². The number of nitrogens with zero attached hydrogens (tertiary/aromatic N) is 1. The van der Waals surface area contributed by atoms with E-state index in [-0.39, 0.29) is 0 Å². The van der Waals surface area contributed by atoms with Gasteiger partial charge >= 0.3 is 0 Å². The first kappa shape index (κ1) is 18.5. The van der Waals surface area contributed by atoms with E-state index < -0.39 is 11.7 Å².